The third-order valence-electron chi connectivity index (χ3n) is 3.15. The molecule has 0 spiro atoms. The summed E-state index contributed by atoms with van der Waals surface area (Å²) in [5, 5.41) is 0. The average Bonchev–Trinajstić information content (AvgIpc) is 2.39. The Labute approximate surface area is 119 Å². The van der Waals surface area contributed by atoms with Crippen LogP contribution in [0.3, 0.4) is 0 Å². The first-order valence-electron chi connectivity index (χ1n) is 6.90. The van der Waals surface area contributed by atoms with Crippen LogP contribution < -0.4 is 10.5 Å². The lowest BCUT2D eigenvalue weighted by molar-refractivity contribution is 0.340. The predicted octanol–water partition coefficient (Wildman–Crippen LogP) is 2.88. The molecule has 0 aromatic heterocycles. The van der Waals surface area contributed by atoms with Gasteiger partial charge in [-0.1, -0.05) is 32.4 Å². The van der Waals surface area contributed by atoms with Crippen molar-refractivity contribution in [3.63, 3.8) is 0 Å². The van der Waals surface area contributed by atoms with Gasteiger partial charge < -0.3 is 10.5 Å². The molecule has 0 saturated heterocycles. The van der Waals surface area contributed by atoms with Gasteiger partial charge in [0.2, 0.25) is 0 Å². The Morgan fingerprint density at radius 1 is 1.21 bits per heavy atom. The maximum atomic E-state index is 12.0. The van der Waals surface area contributed by atoms with Gasteiger partial charge in [0, 0.05) is 28.3 Å². The van der Waals surface area contributed by atoms with Crippen molar-refractivity contribution in [3.05, 3.63) is 29.8 Å². The Morgan fingerprint density at radius 3 is 2.37 bits per heavy atom. The molecule has 0 fully saturated rings. The molecule has 3 nitrogen and oxygen atoms in total. The molecule has 0 saturated carbocycles. The molecular weight excluding hydrogens is 258 g/mol. The highest BCUT2D eigenvalue weighted by Gasteiger charge is 2.12. The van der Waals surface area contributed by atoms with Gasteiger partial charge in [0.05, 0.1) is 6.61 Å². The second kappa shape index (κ2) is 8.33. The number of nitrogens with two attached hydrogens (primary N) is 1. The molecule has 0 amide bonds. The summed E-state index contributed by atoms with van der Waals surface area (Å²) >= 11 is 0. The van der Waals surface area contributed by atoms with Gasteiger partial charge in [-0.15, -0.1) is 0 Å². The summed E-state index contributed by atoms with van der Waals surface area (Å²) in [6.07, 6.45) is 1.06. The summed E-state index contributed by atoms with van der Waals surface area (Å²) in [6, 6.07) is 7.57. The first kappa shape index (κ1) is 16.2. The van der Waals surface area contributed by atoms with E-state index in [2.05, 4.69) is 13.8 Å². The number of hydrogen-bond acceptors (Lipinski definition) is 3. The van der Waals surface area contributed by atoms with E-state index in [0.29, 0.717) is 18.3 Å². The van der Waals surface area contributed by atoms with Crippen LogP contribution in [0.4, 0.5) is 0 Å². The molecule has 3 unspecified atom stereocenters. The fourth-order valence-corrected chi connectivity index (χ4v) is 3.38. The van der Waals surface area contributed by atoms with Crippen molar-refractivity contribution in [2.75, 3.05) is 18.1 Å². The molecule has 0 aliphatic carbocycles. The molecule has 0 bridgehead atoms. The molecule has 0 heterocycles. The average molecular weight is 283 g/mol. The van der Waals surface area contributed by atoms with E-state index >= 15 is 0 Å². The van der Waals surface area contributed by atoms with Crippen molar-refractivity contribution >= 4 is 10.8 Å². The lowest BCUT2D eigenvalue weighted by Gasteiger charge is -2.14. The number of hydrogen-bond donors (Lipinski definition) is 1. The van der Waals surface area contributed by atoms with Crippen molar-refractivity contribution < 1.29 is 8.95 Å². The van der Waals surface area contributed by atoms with Gasteiger partial charge in [-0.3, -0.25) is 4.21 Å². The van der Waals surface area contributed by atoms with E-state index in [1.165, 1.54) is 0 Å². The molecule has 19 heavy (non-hydrogen) atoms. The van der Waals surface area contributed by atoms with E-state index in [1.807, 2.05) is 31.2 Å². The molecule has 0 radical (unpaired) electrons. The minimum absolute atomic E-state index is 0.166. The third kappa shape index (κ3) is 5.74. The van der Waals surface area contributed by atoms with Crippen molar-refractivity contribution in [1.29, 1.82) is 0 Å². The van der Waals surface area contributed by atoms with Crippen LogP contribution in [0.25, 0.3) is 0 Å². The van der Waals surface area contributed by atoms with Gasteiger partial charge in [-0.05, 0) is 30.5 Å². The first-order valence-corrected chi connectivity index (χ1v) is 8.38. The minimum atomic E-state index is -0.846. The number of ether oxygens (including phenoxy) is 1. The minimum Gasteiger partial charge on any atom is -0.494 e. The zero-order valence-corrected chi connectivity index (χ0v) is 12.9. The fraction of sp³-hybridized carbons (Fsp3) is 0.600. The fourth-order valence-electron chi connectivity index (χ4n) is 1.78. The number of benzene rings is 1. The van der Waals surface area contributed by atoms with Gasteiger partial charge in [-0.25, -0.2) is 0 Å². The van der Waals surface area contributed by atoms with Crippen LogP contribution in [-0.2, 0) is 10.8 Å². The summed E-state index contributed by atoms with van der Waals surface area (Å²) in [6.45, 7) is 6.86. The topological polar surface area (TPSA) is 52.3 Å². The van der Waals surface area contributed by atoms with Crippen LogP contribution in [0, 0.1) is 5.92 Å². The van der Waals surface area contributed by atoms with Crippen molar-refractivity contribution in [3.8, 4) is 5.75 Å². The van der Waals surface area contributed by atoms with E-state index in [9.17, 15) is 4.21 Å². The normalized spacial score (nSPS) is 15.8. The molecule has 1 rings (SSSR count). The highest BCUT2D eigenvalue weighted by Crippen LogP contribution is 2.17. The van der Waals surface area contributed by atoms with Gasteiger partial charge in [0.1, 0.15) is 5.75 Å². The highest BCUT2D eigenvalue weighted by molar-refractivity contribution is 7.85. The molecular formula is C15H25NO2S. The maximum absolute atomic E-state index is 12.0. The van der Waals surface area contributed by atoms with Crippen LogP contribution in [0.1, 0.15) is 38.8 Å². The molecule has 108 valence electrons. The second-order valence-electron chi connectivity index (χ2n) is 4.90. The Morgan fingerprint density at radius 2 is 1.84 bits per heavy atom. The largest absolute Gasteiger partial charge is 0.494 e. The van der Waals surface area contributed by atoms with E-state index in [0.717, 1.165) is 23.5 Å². The SMILES string of the molecule is CCOc1ccc(C(N)CS(=O)CC(C)CC)cc1. The molecule has 1 aromatic rings. The summed E-state index contributed by atoms with van der Waals surface area (Å²) in [5.74, 6) is 2.60. The maximum Gasteiger partial charge on any atom is 0.119 e. The summed E-state index contributed by atoms with van der Waals surface area (Å²) in [5.41, 5.74) is 7.12. The molecule has 0 aliphatic heterocycles. The standard InChI is InChI=1S/C15H25NO2S/c1-4-12(3)10-19(17)11-15(16)13-6-8-14(9-7-13)18-5-2/h6-9,12,15H,4-5,10-11,16H2,1-3H3. The van der Waals surface area contributed by atoms with Crippen LogP contribution in [0.15, 0.2) is 24.3 Å². The monoisotopic (exact) mass is 283 g/mol. The van der Waals surface area contributed by atoms with Gasteiger partial charge >= 0.3 is 0 Å². The van der Waals surface area contributed by atoms with Crippen molar-refractivity contribution in [2.24, 2.45) is 11.7 Å². The molecule has 0 aliphatic rings. The zero-order chi connectivity index (χ0) is 14.3. The third-order valence-corrected chi connectivity index (χ3v) is 4.82. The Balaban J connectivity index is 2.52. The summed E-state index contributed by atoms with van der Waals surface area (Å²) in [7, 11) is -0.846. The van der Waals surface area contributed by atoms with Gasteiger partial charge in [-0.2, -0.15) is 0 Å². The highest BCUT2D eigenvalue weighted by atomic mass is 32.2. The summed E-state index contributed by atoms with van der Waals surface area (Å²) in [4.78, 5) is 0. The number of rotatable bonds is 8. The van der Waals surface area contributed by atoms with E-state index < -0.39 is 10.8 Å². The predicted molar refractivity (Wildman–Crippen MR) is 81.9 cm³/mol. The molecule has 4 heteroatoms. The summed E-state index contributed by atoms with van der Waals surface area (Å²) < 4.78 is 17.4. The van der Waals surface area contributed by atoms with Crippen LogP contribution in [-0.4, -0.2) is 22.3 Å². The van der Waals surface area contributed by atoms with Crippen molar-refractivity contribution in [2.45, 2.75) is 33.2 Å². The molecule has 3 atom stereocenters. The lowest BCUT2D eigenvalue weighted by Crippen LogP contribution is -2.21. The quantitative estimate of drug-likeness (QED) is 0.798. The van der Waals surface area contributed by atoms with E-state index in [4.69, 9.17) is 10.5 Å². The molecule has 1 aromatic carbocycles. The Hall–Kier alpha value is -0.870. The van der Waals surface area contributed by atoms with Crippen LogP contribution in [0.5, 0.6) is 5.75 Å². The Kier molecular flexibility index (Phi) is 7.10. The molecule has 2 N–H and O–H groups in total. The zero-order valence-electron chi connectivity index (χ0n) is 12.1. The van der Waals surface area contributed by atoms with Crippen molar-refractivity contribution in [1.82, 2.24) is 0 Å². The lowest BCUT2D eigenvalue weighted by atomic mass is 10.1. The Bertz CT molecular complexity index is 392. The second-order valence-corrected chi connectivity index (χ2v) is 6.44. The van der Waals surface area contributed by atoms with E-state index in [1.54, 1.807) is 0 Å². The van der Waals surface area contributed by atoms with Crippen LogP contribution >= 0.6 is 0 Å². The van der Waals surface area contributed by atoms with Gasteiger partial charge in [0.25, 0.3) is 0 Å². The van der Waals surface area contributed by atoms with Gasteiger partial charge in [0.15, 0.2) is 0 Å². The van der Waals surface area contributed by atoms with E-state index in [-0.39, 0.29) is 6.04 Å². The smallest absolute Gasteiger partial charge is 0.119 e. The first-order chi connectivity index (χ1) is 9.06. The van der Waals surface area contributed by atoms with Crippen LogP contribution in [0.2, 0.25) is 0 Å².